The van der Waals surface area contributed by atoms with Gasteiger partial charge in [0.15, 0.2) is 0 Å². The molecule has 0 aromatic heterocycles. The Morgan fingerprint density at radius 2 is 1.80 bits per heavy atom. The first-order chi connectivity index (χ1) is 9.45. The molecule has 1 saturated heterocycles. The lowest BCUT2D eigenvalue weighted by Crippen LogP contribution is -2.58. The van der Waals surface area contributed by atoms with Crippen molar-refractivity contribution >= 4 is 11.9 Å². The van der Waals surface area contributed by atoms with Crippen LogP contribution in [0.1, 0.15) is 52.9 Å². The van der Waals surface area contributed by atoms with Gasteiger partial charge < -0.3 is 10.0 Å². The third-order valence-electron chi connectivity index (χ3n) is 4.17. The molecular formula is C15H28N2O3. The number of carbonyl (C=O) groups excluding carboxylic acids is 1. The molecule has 1 amide bonds. The molecule has 5 nitrogen and oxygen atoms in total. The summed E-state index contributed by atoms with van der Waals surface area (Å²) in [5.41, 5.74) is -0.891. The molecular weight excluding hydrogens is 256 g/mol. The van der Waals surface area contributed by atoms with E-state index in [2.05, 4.69) is 13.8 Å². The summed E-state index contributed by atoms with van der Waals surface area (Å²) < 4.78 is 0. The van der Waals surface area contributed by atoms with Crippen LogP contribution in [0.2, 0.25) is 0 Å². The van der Waals surface area contributed by atoms with Gasteiger partial charge >= 0.3 is 5.97 Å². The van der Waals surface area contributed by atoms with Crippen LogP contribution >= 0.6 is 0 Å². The van der Waals surface area contributed by atoms with Crippen molar-refractivity contribution in [1.82, 2.24) is 9.80 Å². The first kappa shape index (κ1) is 17.0. The minimum Gasteiger partial charge on any atom is -0.480 e. The van der Waals surface area contributed by atoms with E-state index in [0.717, 1.165) is 38.8 Å². The number of hydrogen-bond donors (Lipinski definition) is 1. The molecule has 0 bridgehead atoms. The van der Waals surface area contributed by atoms with Crippen molar-refractivity contribution in [1.29, 1.82) is 0 Å². The Bertz CT molecular complexity index is 340. The van der Waals surface area contributed by atoms with Gasteiger partial charge in [-0.2, -0.15) is 0 Å². The number of likely N-dealkylation sites (tertiary alicyclic amines) is 1. The number of carbonyl (C=O) groups is 2. The van der Waals surface area contributed by atoms with Gasteiger partial charge in [-0.3, -0.25) is 14.5 Å². The van der Waals surface area contributed by atoms with Crippen LogP contribution < -0.4 is 0 Å². The summed E-state index contributed by atoms with van der Waals surface area (Å²) in [7, 11) is 0. The lowest BCUT2D eigenvalue weighted by molar-refractivity contribution is -0.154. The second-order valence-corrected chi connectivity index (χ2v) is 5.84. The van der Waals surface area contributed by atoms with E-state index >= 15 is 0 Å². The summed E-state index contributed by atoms with van der Waals surface area (Å²) >= 11 is 0. The molecule has 1 aliphatic rings. The van der Waals surface area contributed by atoms with Crippen molar-refractivity contribution in [3.05, 3.63) is 0 Å². The lowest BCUT2D eigenvalue weighted by Gasteiger charge is -2.41. The minimum atomic E-state index is -0.891. The Balaban J connectivity index is 2.72. The second-order valence-electron chi connectivity index (χ2n) is 5.84. The first-order valence-electron chi connectivity index (χ1n) is 7.72. The SMILES string of the molecule is CCCN(CCC)C(=O)CN1CCCCC1(C)C(=O)O. The van der Waals surface area contributed by atoms with Crippen LogP contribution in [0.15, 0.2) is 0 Å². The maximum Gasteiger partial charge on any atom is 0.323 e. The van der Waals surface area contributed by atoms with E-state index in [1.807, 2.05) is 9.80 Å². The molecule has 0 aliphatic carbocycles. The first-order valence-corrected chi connectivity index (χ1v) is 7.72. The number of piperidine rings is 1. The number of carboxylic acid groups (broad SMARTS) is 1. The van der Waals surface area contributed by atoms with E-state index in [1.165, 1.54) is 0 Å². The number of hydrogen-bond acceptors (Lipinski definition) is 3. The maximum absolute atomic E-state index is 12.4. The molecule has 0 aromatic carbocycles. The normalized spacial score (nSPS) is 23.6. The highest BCUT2D eigenvalue weighted by molar-refractivity contribution is 5.82. The molecule has 5 heteroatoms. The van der Waals surface area contributed by atoms with E-state index in [0.29, 0.717) is 13.0 Å². The van der Waals surface area contributed by atoms with E-state index in [1.54, 1.807) is 6.92 Å². The van der Waals surface area contributed by atoms with Crippen LogP contribution in [-0.4, -0.2) is 58.5 Å². The molecule has 1 unspecified atom stereocenters. The van der Waals surface area contributed by atoms with Crippen LogP contribution in [0, 0.1) is 0 Å². The molecule has 0 aromatic rings. The van der Waals surface area contributed by atoms with E-state index < -0.39 is 11.5 Å². The fourth-order valence-electron chi connectivity index (χ4n) is 2.84. The summed E-state index contributed by atoms with van der Waals surface area (Å²) in [4.78, 5) is 27.6. The third-order valence-corrected chi connectivity index (χ3v) is 4.17. The average molecular weight is 284 g/mol. The topological polar surface area (TPSA) is 60.9 Å². The Hall–Kier alpha value is -1.10. The van der Waals surface area contributed by atoms with Crippen LogP contribution in [-0.2, 0) is 9.59 Å². The monoisotopic (exact) mass is 284 g/mol. The van der Waals surface area contributed by atoms with E-state index in [4.69, 9.17) is 0 Å². The van der Waals surface area contributed by atoms with Gasteiger partial charge in [0.05, 0.1) is 6.54 Å². The summed E-state index contributed by atoms with van der Waals surface area (Å²) in [6.45, 7) is 8.28. The van der Waals surface area contributed by atoms with Gasteiger partial charge in [-0.15, -0.1) is 0 Å². The van der Waals surface area contributed by atoms with Crippen molar-refractivity contribution < 1.29 is 14.7 Å². The summed E-state index contributed by atoms with van der Waals surface area (Å²) in [6.07, 6.45) is 4.37. The van der Waals surface area contributed by atoms with Gasteiger partial charge in [0.2, 0.25) is 5.91 Å². The van der Waals surface area contributed by atoms with Gasteiger partial charge in [0.1, 0.15) is 5.54 Å². The van der Waals surface area contributed by atoms with Gasteiger partial charge in [-0.25, -0.2) is 0 Å². The molecule has 0 spiro atoms. The van der Waals surface area contributed by atoms with Crippen molar-refractivity contribution in [3.63, 3.8) is 0 Å². The summed E-state index contributed by atoms with van der Waals surface area (Å²) in [5.74, 6) is -0.759. The predicted octanol–water partition coefficient (Wildman–Crippen LogP) is 1.96. The molecule has 1 atom stereocenters. The van der Waals surface area contributed by atoms with E-state index in [-0.39, 0.29) is 12.5 Å². The zero-order valence-corrected chi connectivity index (χ0v) is 13.0. The molecule has 1 N–H and O–H groups in total. The molecule has 1 fully saturated rings. The number of amides is 1. The number of rotatable bonds is 7. The molecule has 0 radical (unpaired) electrons. The quantitative estimate of drug-likeness (QED) is 0.776. The van der Waals surface area contributed by atoms with E-state index in [9.17, 15) is 14.7 Å². The molecule has 20 heavy (non-hydrogen) atoms. The van der Waals surface area contributed by atoms with Gasteiger partial charge in [0.25, 0.3) is 0 Å². The zero-order valence-electron chi connectivity index (χ0n) is 13.0. The standard InChI is InChI=1S/C15H28N2O3/c1-4-9-16(10-5-2)13(18)12-17-11-7-6-8-15(17,3)14(19)20/h4-12H2,1-3H3,(H,19,20). The third kappa shape index (κ3) is 3.95. The molecule has 1 heterocycles. The number of aliphatic carboxylic acids is 1. The fraction of sp³-hybridized carbons (Fsp3) is 0.867. The fourth-order valence-corrected chi connectivity index (χ4v) is 2.84. The van der Waals surface area contributed by atoms with Gasteiger partial charge in [0, 0.05) is 13.1 Å². The smallest absolute Gasteiger partial charge is 0.323 e. The maximum atomic E-state index is 12.4. The van der Waals surface area contributed by atoms with Crippen LogP contribution in [0.3, 0.4) is 0 Å². The molecule has 116 valence electrons. The Morgan fingerprint density at radius 1 is 1.20 bits per heavy atom. The van der Waals surface area contributed by atoms with Gasteiger partial charge in [-0.1, -0.05) is 13.8 Å². The second kappa shape index (κ2) is 7.62. The minimum absolute atomic E-state index is 0.0584. The Morgan fingerprint density at radius 3 is 2.30 bits per heavy atom. The molecule has 1 rings (SSSR count). The van der Waals surface area contributed by atoms with Crippen LogP contribution in [0.4, 0.5) is 0 Å². The Kier molecular flexibility index (Phi) is 6.46. The lowest BCUT2D eigenvalue weighted by atomic mass is 9.88. The highest BCUT2D eigenvalue weighted by Gasteiger charge is 2.42. The predicted molar refractivity (Wildman–Crippen MR) is 78.6 cm³/mol. The van der Waals surface area contributed by atoms with Crippen molar-refractivity contribution in [2.45, 2.75) is 58.4 Å². The molecule has 0 saturated carbocycles. The van der Waals surface area contributed by atoms with Crippen molar-refractivity contribution in [2.75, 3.05) is 26.2 Å². The average Bonchev–Trinajstić information content (AvgIpc) is 2.41. The zero-order chi connectivity index (χ0) is 15.2. The summed E-state index contributed by atoms with van der Waals surface area (Å²) in [6, 6.07) is 0. The number of carboxylic acids is 1. The Labute approximate surface area is 121 Å². The largest absolute Gasteiger partial charge is 0.480 e. The van der Waals surface area contributed by atoms with Crippen molar-refractivity contribution in [3.8, 4) is 0 Å². The van der Waals surface area contributed by atoms with Crippen LogP contribution in [0.25, 0.3) is 0 Å². The highest BCUT2D eigenvalue weighted by Crippen LogP contribution is 2.28. The summed E-state index contributed by atoms with van der Waals surface area (Å²) in [5, 5.41) is 9.46. The van der Waals surface area contributed by atoms with Gasteiger partial charge in [-0.05, 0) is 45.6 Å². The highest BCUT2D eigenvalue weighted by atomic mass is 16.4. The van der Waals surface area contributed by atoms with Crippen molar-refractivity contribution in [2.24, 2.45) is 0 Å². The van der Waals surface area contributed by atoms with Crippen LogP contribution in [0.5, 0.6) is 0 Å². The number of nitrogens with zero attached hydrogens (tertiary/aromatic N) is 2. The molecule has 1 aliphatic heterocycles.